The van der Waals surface area contributed by atoms with Gasteiger partial charge in [0.25, 0.3) is 0 Å². The molecule has 0 aliphatic heterocycles. The summed E-state index contributed by atoms with van der Waals surface area (Å²) in [4.78, 5) is 0. The maximum absolute atomic E-state index is 13.4. The third-order valence-corrected chi connectivity index (χ3v) is 3.21. The predicted molar refractivity (Wildman–Crippen MR) is 72.8 cm³/mol. The van der Waals surface area contributed by atoms with Gasteiger partial charge in [-0.3, -0.25) is 0 Å². The van der Waals surface area contributed by atoms with Crippen LogP contribution in [0, 0.1) is 26.8 Å². The van der Waals surface area contributed by atoms with Gasteiger partial charge in [-0.15, -0.1) is 0 Å². The highest BCUT2D eigenvalue weighted by Crippen LogP contribution is 2.24. The zero-order valence-electron chi connectivity index (χ0n) is 9.48. The molecule has 2 aromatic carbocycles. The molecule has 0 unspecified atom stereocenters. The third-order valence-electron chi connectivity index (χ3n) is 2.49. The molecule has 0 spiro atoms. The van der Waals surface area contributed by atoms with Gasteiger partial charge >= 0.3 is 0 Å². The van der Waals surface area contributed by atoms with Crippen molar-refractivity contribution in [3.05, 3.63) is 62.7 Å². The van der Waals surface area contributed by atoms with Gasteiger partial charge in [-0.25, -0.2) is 17.6 Å². The fourth-order valence-electron chi connectivity index (χ4n) is 1.52. The number of hydrogen-bond donors (Lipinski definition) is 1. The Labute approximate surface area is 120 Å². The van der Waals surface area contributed by atoms with Gasteiger partial charge in [0.15, 0.2) is 23.3 Å². The second-order valence-electron chi connectivity index (χ2n) is 3.82. The van der Waals surface area contributed by atoms with Crippen molar-refractivity contribution < 1.29 is 17.6 Å². The van der Waals surface area contributed by atoms with Gasteiger partial charge in [0, 0.05) is 16.2 Å². The summed E-state index contributed by atoms with van der Waals surface area (Å²) in [6.07, 6.45) is 0. The molecule has 2 rings (SSSR count). The van der Waals surface area contributed by atoms with Crippen LogP contribution in [0.5, 0.6) is 0 Å². The molecule has 1 nitrogen and oxygen atoms in total. The first kappa shape index (κ1) is 14.1. The van der Waals surface area contributed by atoms with Gasteiger partial charge in [-0.2, -0.15) is 0 Å². The summed E-state index contributed by atoms with van der Waals surface area (Å²) in [5.41, 5.74) is -0.0556. The van der Waals surface area contributed by atoms with Gasteiger partial charge in [0.05, 0.1) is 0 Å². The molecule has 0 heterocycles. The second-order valence-corrected chi connectivity index (χ2v) is 5.07. The van der Waals surface area contributed by atoms with Crippen molar-refractivity contribution in [2.24, 2.45) is 0 Å². The highest BCUT2D eigenvalue weighted by atomic mass is 127. The molecule has 0 aromatic heterocycles. The van der Waals surface area contributed by atoms with Crippen LogP contribution in [0.1, 0.15) is 5.56 Å². The normalized spacial score (nSPS) is 10.6. The van der Waals surface area contributed by atoms with Gasteiger partial charge in [0.2, 0.25) is 0 Å². The minimum atomic E-state index is -1.43. The van der Waals surface area contributed by atoms with E-state index in [-0.39, 0.29) is 12.6 Å². The molecule has 1 N–H and O–H groups in total. The van der Waals surface area contributed by atoms with E-state index in [2.05, 4.69) is 27.9 Å². The standard InChI is InChI=1S/C13H8F4IN/c14-9-5-10(15)12(17)13(11(9)16)19-6-7-1-3-8(18)4-2-7/h1-5,19H,6H2. The lowest BCUT2D eigenvalue weighted by atomic mass is 10.2. The van der Waals surface area contributed by atoms with Crippen molar-refractivity contribution in [3.8, 4) is 0 Å². The molecule has 0 bridgehead atoms. The largest absolute Gasteiger partial charge is 0.376 e. The predicted octanol–water partition coefficient (Wildman–Crippen LogP) is 4.46. The van der Waals surface area contributed by atoms with E-state index in [1.807, 2.05) is 12.1 Å². The van der Waals surface area contributed by atoms with E-state index >= 15 is 0 Å². The molecule has 0 amide bonds. The monoisotopic (exact) mass is 381 g/mol. The highest BCUT2D eigenvalue weighted by Gasteiger charge is 2.18. The summed E-state index contributed by atoms with van der Waals surface area (Å²) < 4.78 is 53.7. The lowest BCUT2D eigenvalue weighted by molar-refractivity contribution is 0.458. The molecule has 0 saturated heterocycles. The summed E-state index contributed by atoms with van der Waals surface area (Å²) in [6, 6.07) is 7.31. The quantitative estimate of drug-likeness (QED) is 0.471. The van der Waals surface area contributed by atoms with Crippen LogP contribution in [0.3, 0.4) is 0 Å². The maximum atomic E-state index is 13.4. The van der Waals surface area contributed by atoms with Crippen molar-refractivity contribution in [2.45, 2.75) is 6.54 Å². The molecule has 0 saturated carbocycles. The van der Waals surface area contributed by atoms with Crippen LogP contribution in [-0.2, 0) is 6.54 Å². The first-order valence-electron chi connectivity index (χ1n) is 5.30. The molecule has 6 heteroatoms. The molecule has 100 valence electrons. The summed E-state index contributed by atoms with van der Waals surface area (Å²) >= 11 is 2.12. The molecule has 19 heavy (non-hydrogen) atoms. The topological polar surface area (TPSA) is 12.0 Å². The third kappa shape index (κ3) is 3.17. The molecular weight excluding hydrogens is 373 g/mol. The van der Waals surface area contributed by atoms with Gasteiger partial charge in [-0.1, -0.05) is 12.1 Å². The van der Waals surface area contributed by atoms with Crippen LogP contribution in [0.15, 0.2) is 30.3 Å². The number of benzene rings is 2. The number of hydrogen-bond acceptors (Lipinski definition) is 1. The van der Waals surface area contributed by atoms with Crippen LogP contribution in [-0.4, -0.2) is 0 Å². The Balaban J connectivity index is 2.22. The minimum absolute atomic E-state index is 0.0631. The second kappa shape index (κ2) is 5.77. The van der Waals surface area contributed by atoms with Crippen LogP contribution in [0.2, 0.25) is 0 Å². The number of nitrogens with one attached hydrogen (secondary N) is 1. The van der Waals surface area contributed by atoms with E-state index in [9.17, 15) is 17.6 Å². The minimum Gasteiger partial charge on any atom is -0.376 e. The number of rotatable bonds is 3. The number of anilines is 1. The highest BCUT2D eigenvalue weighted by molar-refractivity contribution is 14.1. The van der Waals surface area contributed by atoms with Gasteiger partial charge < -0.3 is 5.32 Å². The smallest absolute Gasteiger partial charge is 0.185 e. The van der Waals surface area contributed by atoms with E-state index in [0.29, 0.717) is 0 Å². The fourth-order valence-corrected chi connectivity index (χ4v) is 1.88. The Morgan fingerprint density at radius 3 is 1.95 bits per heavy atom. The van der Waals surface area contributed by atoms with Gasteiger partial charge in [-0.05, 0) is 40.3 Å². The molecule has 0 atom stereocenters. The van der Waals surface area contributed by atoms with Crippen molar-refractivity contribution in [1.82, 2.24) is 0 Å². The zero-order valence-corrected chi connectivity index (χ0v) is 11.6. The average molecular weight is 381 g/mol. The van der Waals surface area contributed by atoms with Crippen LogP contribution in [0.25, 0.3) is 0 Å². The lowest BCUT2D eigenvalue weighted by Crippen LogP contribution is -2.07. The van der Waals surface area contributed by atoms with Crippen LogP contribution >= 0.6 is 22.6 Å². The molecule has 0 fully saturated rings. The van der Waals surface area contributed by atoms with Crippen molar-refractivity contribution in [1.29, 1.82) is 0 Å². The van der Waals surface area contributed by atoms with Crippen molar-refractivity contribution >= 4 is 28.3 Å². The Morgan fingerprint density at radius 2 is 1.42 bits per heavy atom. The van der Waals surface area contributed by atoms with Crippen LogP contribution < -0.4 is 5.32 Å². The first-order valence-corrected chi connectivity index (χ1v) is 6.38. The Kier molecular flexibility index (Phi) is 4.28. The zero-order chi connectivity index (χ0) is 14.0. The van der Waals surface area contributed by atoms with E-state index in [1.54, 1.807) is 12.1 Å². The van der Waals surface area contributed by atoms with E-state index in [0.717, 1.165) is 9.13 Å². The van der Waals surface area contributed by atoms with Gasteiger partial charge in [0.1, 0.15) is 5.69 Å². The maximum Gasteiger partial charge on any atom is 0.185 e. The Hall–Kier alpha value is -1.31. The van der Waals surface area contributed by atoms with E-state index in [4.69, 9.17) is 0 Å². The SMILES string of the molecule is Fc1cc(F)c(F)c(NCc2ccc(I)cc2)c1F. The molecular formula is C13H8F4IN. The molecule has 2 aromatic rings. The van der Waals surface area contributed by atoms with Crippen molar-refractivity contribution in [3.63, 3.8) is 0 Å². The molecule has 0 aliphatic carbocycles. The fraction of sp³-hybridized carbons (Fsp3) is 0.0769. The van der Waals surface area contributed by atoms with E-state index in [1.165, 1.54) is 0 Å². The average Bonchev–Trinajstić information content (AvgIpc) is 2.38. The summed E-state index contributed by atoms with van der Waals surface area (Å²) in [5, 5.41) is 2.37. The summed E-state index contributed by atoms with van der Waals surface area (Å²) in [5.74, 6) is -5.71. The summed E-state index contributed by atoms with van der Waals surface area (Å²) in [6.45, 7) is 0.0631. The first-order chi connectivity index (χ1) is 8.99. The summed E-state index contributed by atoms with van der Waals surface area (Å²) in [7, 11) is 0. The van der Waals surface area contributed by atoms with Crippen molar-refractivity contribution in [2.75, 3.05) is 5.32 Å². The molecule has 0 radical (unpaired) electrons. The van der Waals surface area contributed by atoms with E-state index < -0.39 is 29.0 Å². The Morgan fingerprint density at radius 1 is 0.895 bits per heavy atom. The molecule has 0 aliphatic rings. The number of halogens is 5. The Bertz CT molecular complexity index is 572. The lowest BCUT2D eigenvalue weighted by Gasteiger charge is -2.10. The van der Waals surface area contributed by atoms with Crippen LogP contribution in [0.4, 0.5) is 23.2 Å².